The van der Waals surface area contributed by atoms with Crippen LogP contribution >= 0.6 is 23.1 Å². The Bertz CT molecular complexity index is 1200. The van der Waals surface area contributed by atoms with Crippen LogP contribution in [-0.4, -0.2) is 40.7 Å². The van der Waals surface area contributed by atoms with Gasteiger partial charge in [-0.3, -0.25) is 14.9 Å². The third-order valence-electron chi connectivity index (χ3n) is 6.08. The van der Waals surface area contributed by atoms with Crippen molar-refractivity contribution in [3.05, 3.63) is 69.5 Å². The Morgan fingerprint density at radius 3 is 2.76 bits per heavy atom. The molecule has 4 heterocycles. The monoisotopic (exact) mass is 491 g/mol. The van der Waals surface area contributed by atoms with Gasteiger partial charge in [-0.15, -0.1) is 0 Å². The molecule has 2 aromatic heterocycles. The molecule has 2 fully saturated rings. The summed E-state index contributed by atoms with van der Waals surface area (Å²) in [5.74, 6) is 0.904. The summed E-state index contributed by atoms with van der Waals surface area (Å²) >= 11 is 2.62. The predicted octanol–water partition coefficient (Wildman–Crippen LogP) is 4.54. The van der Waals surface area contributed by atoms with Gasteiger partial charge in [-0.25, -0.2) is 9.97 Å². The van der Waals surface area contributed by atoms with Crippen molar-refractivity contribution in [3.8, 4) is 11.1 Å². The van der Waals surface area contributed by atoms with Gasteiger partial charge in [-0.1, -0.05) is 24.3 Å². The molecule has 0 atom stereocenters. The van der Waals surface area contributed by atoms with Crippen molar-refractivity contribution >= 4 is 46.3 Å². The van der Waals surface area contributed by atoms with Gasteiger partial charge < -0.3 is 10.2 Å². The van der Waals surface area contributed by atoms with E-state index < -0.39 is 0 Å². The highest BCUT2D eigenvalue weighted by Crippen LogP contribution is 2.27. The number of rotatable bonds is 7. The van der Waals surface area contributed by atoms with Crippen molar-refractivity contribution in [1.82, 2.24) is 20.6 Å². The number of anilines is 1. The molecule has 34 heavy (non-hydrogen) atoms. The smallest absolute Gasteiger partial charge is 0.290 e. The normalized spacial score (nSPS) is 18.0. The molecule has 0 saturated carbocycles. The number of hydrogen-bond donors (Lipinski definition) is 2. The van der Waals surface area contributed by atoms with Crippen LogP contribution in [0.15, 0.2) is 58.3 Å². The highest BCUT2D eigenvalue weighted by molar-refractivity contribution is 8.18. The first-order chi connectivity index (χ1) is 16.7. The third-order valence-corrected chi connectivity index (χ3v) is 7.57. The maximum absolute atomic E-state index is 11.8. The fourth-order valence-corrected chi connectivity index (χ4v) is 5.59. The maximum atomic E-state index is 11.8. The van der Waals surface area contributed by atoms with Crippen LogP contribution in [0.3, 0.4) is 0 Å². The minimum Gasteiger partial charge on any atom is -0.341 e. The topological polar surface area (TPSA) is 87.2 Å². The zero-order valence-corrected chi connectivity index (χ0v) is 20.2. The minimum atomic E-state index is -0.374. The first kappa shape index (κ1) is 22.8. The Hall–Kier alpha value is -3.01. The maximum Gasteiger partial charge on any atom is 0.290 e. The number of hydrogen-bond acceptors (Lipinski definition) is 8. The number of nitrogens with zero attached hydrogens (tertiary/aromatic N) is 3. The van der Waals surface area contributed by atoms with Crippen LogP contribution in [0.2, 0.25) is 0 Å². The zero-order valence-electron chi connectivity index (χ0n) is 18.6. The third kappa shape index (κ3) is 5.38. The van der Waals surface area contributed by atoms with Crippen LogP contribution in [0.4, 0.5) is 10.7 Å². The number of thioether (sulfide) groups is 1. The van der Waals surface area contributed by atoms with Crippen LogP contribution in [0.1, 0.15) is 24.1 Å². The van der Waals surface area contributed by atoms with Crippen LogP contribution in [-0.2, 0) is 11.3 Å². The molecule has 0 spiro atoms. The van der Waals surface area contributed by atoms with Gasteiger partial charge in [0.05, 0.1) is 10.6 Å². The summed E-state index contributed by atoms with van der Waals surface area (Å²) in [6.07, 6.45) is 5.48. The first-order valence-corrected chi connectivity index (χ1v) is 13.1. The van der Waals surface area contributed by atoms with Gasteiger partial charge in [0.15, 0.2) is 0 Å². The molecule has 2 saturated heterocycles. The molecule has 2 aliphatic rings. The number of nitrogens with one attached hydrogen (secondary N) is 2. The number of thiophene rings is 1. The van der Waals surface area contributed by atoms with E-state index in [1.807, 2.05) is 0 Å². The van der Waals surface area contributed by atoms with Gasteiger partial charge in [0.1, 0.15) is 0 Å². The first-order valence-electron chi connectivity index (χ1n) is 11.3. The molecule has 0 unspecified atom stereocenters. The second kappa shape index (κ2) is 10.5. The van der Waals surface area contributed by atoms with E-state index >= 15 is 0 Å². The van der Waals surface area contributed by atoms with Gasteiger partial charge >= 0.3 is 0 Å². The van der Waals surface area contributed by atoms with E-state index in [9.17, 15) is 9.59 Å². The van der Waals surface area contributed by atoms with Crippen LogP contribution in [0, 0.1) is 5.92 Å². The van der Waals surface area contributed by atoms with Gasteiger partial charge in [-0.05, 0) is 82.7 Å². The van der Waals surface area contributed by atoms with Crippen LogP contribution < -0.4 is 15.5 Å². The number of carbonyl (C=O) groups excluding carboxylic acids is 2. The molecular formula is C25H25N5O2S2. The average Bonchev–Trinajstić information content (AvgIpc) is 3.50. The molecule has 9 heteroatoms. The lowest BCUT2D eigenvalue weighted by Crippen LogP contribution is -2.38. The lowest BCUT2D eigenvalue weighted by atomic mass is 9.96. The molecule has 0 radical (unpaired) electrons. The van der Waals surface area contributed by atoms with Crippen molar-refractivity contribution in [3.63, 3.8) is 0 Å². The van der Waals surface area contributed by atoms with Crippen LogP contribution in [0.25, 0.3) is 17.2 Å². The number of piperidine rings is 1. The van der Waals surface area contributed by atoms with Crippen molar-refractivity contribution in [2.24, 2.45) is 5.92 Å². The molecule has 3 aromatic rings. The molecule has 2 aliphatic heterocycles. The number of benzene rings is 1. The number of carbonyl (C=O) groups is 2. The molecule has 0 bridgehead atoms. The zero-order chi connectivity index (χ0) is 23.3. The quantitative estimate of drug-likeness (QED) is 0.469. The van der Waals surface area contributed by atoms with Gasteiger partial charge in [0.2, 0.25) is 5.95 Å². The Balaban J connectivity index is 1.13. The predicted molar refractivity (Wildman–Crippen MR) is 138 cm³/mol. The Labute approximate surface area is 206 Å². The molecular weight excluding hydrogens is 466 g/mol. The lowest BCUT2D eigenvalue weighted by Gasteiger charge is -2.32. The molecule has 2 N–H and O–H groups in total. The van der Waals surface area contributed by atoms with E-state index in [0.717, 1.165) is 50.8 Å². The summed E-state index contributed by atoms with van der Waals surface area (Å²) in [6.45, 7) is 3.64. The van der Waals surface area contributed by atoms with Crippen molar-refractivity contribution in [2.45, 2.75) is 19.4 Å². The number of imide groups is 1. The van der Waals surface area contributed by atoms with E-state index in [-0.39, 0.29) is 11.1 Å². The summed E-state index contributed by atoms with van der Waals surface area (Å²) in [5, 5.41) is 9.89. The Kier molecular flexibility index (Phi) is 7.03. The highest BCUT2D eigenvalue weighted by atomic mass is 32.2. The van der Waals surface area contributed by atoms with E-state index in [1.165, 1.54) is 16.7 Å². The summed E-state index contributed by atoms with van der Waals surface area (Å²) in [5.41, 5.74) is 4.54. The summed E-state index contributed by atoms with van der Waals surface area (Å²) in [4.78, 5) is 34.7. The second-order valence-corrected chi connectivity index (χ2v) is 10.2. The number of aromatic nitrogens is 2. The Morgan fingerprint density at radius 1 is 1.15 bits per heavy atom. The fraction of sp³-hybridized carbons (Fsp3) is 0.280. The Morgan fingerprint density at radius 2 is 2.00 bits per heavy atom. The average molecular weight is 492 g/mol. The van der Waals surface area contributed by atoms with Gasteiger partial charge in [0, 0.05) is 25.8 Å². The van der Waals surface area contributed by atoms with E-state index in [1.54, 1.807) is 29.7 Å². The summed E-state index contributed by atoms with van der Waals surface area (Å²) < 4.78 is 0. The van der Waals surface area contributed by atoms with Gasteiger partial charge in [0.25, 0.3) is 11.1 Å². The lowest BCUT2D eigenvalue weighted by molar-refractivity contribution is -0.115. The largest absolute Gasteiger partial charge is 0.341 e. The summed E-state index contributed by atoms with van der Waals surface area (Å²) in [6, 6.07) is 12.5. The number of amides is 2. The SMILES string of the molecule is O=C1NC(=O)/C(=C/c2ccnc(N3CCC(CNCc4ccccc4-c4ccsc4)CC3)n2)S1. The molecule has 174 valence electrons. The molecule has 5 rings (SSSR count). The molecule has 7 nitrogen and oxygen atoms in total. The molecule has 0 aliphatic carbocycles. The van der Waals surface area contributed by atoms with E-state index in [2.05, 4.69) is 66.6 Å². The standard InChI is InChI=1S/C25H25N5O2S2/c31-23-22(34-25(32)29-23)13-20-5-9-27-24(28-20)30-10-6-17(7-11-30)14-26-15-18-3-1-2-4-21(18)19-8-12-33-16-19/h1-5,8-9,12-13,16-17,26H,6-7,10-11,14-15H2,(H,29,31,32)/b22-13-. The minimum absolute atomic E-state index is 0.351. The highest BCUT2D eigenvalue weighted by Gasteiger charge is 2.25. The van der Waals surface area contributed by atoms with Crippen molar-refractivity contribution < 1.29 is 9.59 Å². The fourth-order valence-electron chi connectivity index (χ4n) is 4.27. The second-order valence-electron chi connectivity index (χ2n) is 8.36. The molecule has 2 amide bonds. The van der Waals surface area contributed by atoms with E-state index in [0.29, 0.717) is 22.5 Å². The van der Waals surface area contributed by atoms with Crippen molar-refractivity contribution in [2.75, 3.05) is 24.5 Å². The van der Waals surface area contributed by atoms with Crippen LogP contribution in [0.5, 0.6) is 0 Å². The van der Waals surface area contributed by atoms with Crippen molar-refractivity contribution in [1.29, 1.82) is 0 Å². The van der Waals surface area contributed by atoms with E-state index in [4.69, 9.17) is 0 Å². The molecule has 1 aromatic carbocycles. The van der Waals surface area contributed by atoms with Gasteiger partial charge in [-0.2, -0.15) is 11.3 Å². The summed E-state index contributed by atoms with van der Waals surface area (Å²) in [7, 11) is 0.